The van der Waals surface area contributed by atoms with E-state index in [-0.39, 0.29) is 0 Å². The van der Waals surface area contributed by atoms with E-state index in [9.17, 15) is 0 Å². The van der Waals surface area contributed by atoms with Crippen LogP contribution in [0.15, 0.2) is 30.3 Å². The Labute approximate surface area is 123 Å². The lowest BCUT2D eigenvalue weighted by molar-refractivity contribution is 0.469. The number of pyridine rings is 1. The van der Waals surface area contributed by atoms with Crippen molar-refractivity contribution >= 4 is 23.2 Å². The van der Waals surface area contributed by atoms with Gasteiger partial charge in [-0.15, -0.1) is 11.6 Å². The summed E-state index contributed by atoms with van der Waals surface area (Å²) in [7, 11) is 0. The Morgan fingerprint density at radius 2 is 1.95 bits per heavy atom. The molecule has 0 amide bonds. The van der Waals surface area contributed by atoms with E-state index in [1.54, 1.807) is 6.07 Å². The van der Waals surface area contributed by atoms with Crippen LogP contribution in [0.5, 0.6) is 11.5 Å². The van der Waals surface area contributed by atoms with Gasteiger partial charge in [0.05, 0.1) is 11.6 Å². The van der Waals surface area contributed by atoms with E-state index < -0.39 is 0 Å². The van der Waals surface area contributed by atoms with Crippen molar-refractivity contribution in [1.82, 2.24) is 4.98 Å². The van der Waals surface area contributed by atoms with Crippen molar-refractivity contribution in [3.8, 4) is 11.5 Å². The third-order valence-electron chi connectivity index (χ3n) is 2.84. The summed E-state index contributed by atoms with van der Waals surface area (Å²) in [6.07, 6.45) is 0.813. The molecule has 19 heavy (non-hydrogen) atoms. The summed E-state index contributed by atoms with van der Waals surface area (Å²) >= 11 is 12.0. The highest BCUT2D eigenvalue weighted by Crippen LogP contribution is 2.32. The van der Waals surface area contributed by atoms with E-state index in [0.29, 0.717) is 16.7 Å². The van der Waals surface area contributed by atoms with Crippen molar-refractivity contribution < 1.29 is 4.74 Å². The first-order valence-corrected chi connectivity index (χ1v) is 7.04. The van der Waals surface area contributed by atoms with Crippen LogP contribution in [-0.4, -0.2) is 4.98 Å². The Morgan fingerprint density at radius 1 is 1.16 bits per heavy atom. The average Bonchev–Trinajstić information content (AvgIpc) is 2.41. The van der Waals surface area contributed by atoms with Crippen molar-refractivity contribution in [3.05, 3.63) is 52.3 Å². The fourth-order valence-electron chi connectivity index (χ4n) is 1.83. The molecular formula is C15H15Cl2NO. The molecule has 0 bridgehead atoms. The van der Waals surface area contributed by atoms with Gasteiger partial charge in [0.1, 0.15) is 11.5 Å². The van der Waals surface area contributed by atoms with Gasteiger partial charge in [0.15, 0.2) is 0 Å². The first-order chi connectivity index (χ1) is 9.15. The highest BCUT2D eigenvalue weighted by atomic mass is 35.5. The maximum atomic E-state index is 6.11. The first kappa shape index (κ1) is 14.2. The number of hydrogen-bond acceptors (Lipinski definition) is 2. The molecule has 0 atom stereocenters. The Morgan fingerprint density at radius 3 is 2.63 bits per heavy atom. The number of hydrogen-bond donors (Lipinski definition) is 0. The molecule has 2 aromatic rings. The van der Waals surface area contributed by atoms with Crippen molar-refractivity contribution in [2.24, 2.45) is 0 Å². The summed E-state index contributed by atoms with van der Waals surface area (Å²) < 4.78 is 5.93. The molecule has 0 saturated carbocycles. The van der Waals surface area contributed by atoms with Gasteiger partial charge >= 0.3 is 0 Å². The summed E-state index contributed by atoms with van der Waals surface area (Å²) in [4.78, 5) is 4.47. The second kappa shape index (κ2) is 6.27. The maximum absolute atomic E-state index is 6.11. The number of ether oxygens (including phenoxy) is 1. The van der Waals surface area contributed by atoms with Gasteiger partial charge in [-0.3, -0.25) is 4.98 Å². The molecule has 0 aliphatic rings. The van der Waals surface area contributed by atoms with Crippen LogP contribution >= 0.6 is 23.2 Å². The smallest absolute Gasteiger partial charge is 0.148 e. The molecule has 0 aliphatic heterocycles. The zero-order valence-electron chi connectivity index (χ0n) is 10.9. The van der Waals surface area contributed by atoms with Crippen LogP contribution in [0.4, 0.5) is 0 Å². The molecule has 0 spiro atoms. The Bertz CT molecular complexity index is 584. The van der Waals surface area contributed by atoms with Crippen molar-refractivity contribution in [3.63, 3.8) is 0 Å². The minimum atomic E-state index is 0.315. The van der Waals surface area contributed by atoms with Crippen LogP contribution in [0.25, 0.3) is 0 Å². The van der Waals surface area contributed by atoms with Gasteiger partial charge in [-0.05, 0) is 37.6 Å². The standard InChI is InChI=1S/C15H15Cl2NO/c1-3-13-15(8-7-10(2)18-13)19-14-6-4-5-12(17)11(14)9-16/h4-8H,3,9H2,1-2H3. The number of alkyl halides is 1. The number of aromatic nitrogens is 1. The number of rotatable bonds is 4. The largest absolute Gasteiger partial charge is 0.455 e. The summed E-state index contributed by atoms with van der Waals surface area (Å²) in [5.41, 5.74) is 2.71. The molecule has 4 heteroatoms. The second-order valence-electron chi connectivity index (χ2n) is 4.20. The molecule has 2 rings (SSSR count). The lowest BCUT2D eigenvalue weighted by atomic mass is 10.2. The zero-order valence-corrected chi connectivity index (χ0v) is 12.4. The molecule has 0 aliphatic carbocycles. The van der Waals surface area contributed by atoms with Crippen molar-refractivity contribution in [2.75, 3.05) is 0 Å². The normalized spacial score (nSPS) is 10.5. The monoisotopic (exact) mass is 295 g/mol. The molecule has 0 N–H and O–H groups in total. The number of nitrogens with zero attached hydrogens (tertiary/aromatic N) is 1. The summed E-state index contributed by atoms with van der Waals surface area (Å²) in [6.45, 7) is 4.02. The number of benzene rings is 1. The Hall–Kier alpha value is -1.25. The van der Waals surface area contributed by atoms with Crippen LogP contribution < -0.4 is 4.74 Å². The minimum absolute atomic E-state index is 0.315. The molecule has 0 unspecified atom stereocenters. The van der Waals surface area contributed by atoms with E-state index in [1.807, 2.05) is 31.2 Å². The summed E-state index contributed by atoms with van der Waals surface area (Å²) in [5, 5.41) is 0.616. The van der Waals surface area contributed by atoms with Gasteiger partial charge in [0, 0.05) is 16.3 Å². The van der Waals surface area contributed by atoms with E-state index in [1.165, 1.54) is 0 Å². The molecule has 100 valence electrons. The van der Waals surface area contributed by atoms with Crippen LogP contribution in [0, 0.1) is 6.92 Å². The highest BCUT2D eigenvalue weighted by Gasteiger charge is 2.11. The van der Waals surface area contributed by atoms with Crippen molar-refractivity contribution in [2.45, 2.75) is 26.1 Å². The third-order valence-corrected chi connectivity index (χ3v) is 3.46. The minimum Gasteiger partial charge on any atom is -0.455 e. The molecule has 0 radical (unpaired) electrons. The average molecular weight is 296 g/mol. The number of halogens is 2. The van der Waals surface area contributed by atoms with E-state index in [0.717, 1.165) is 29.1 Å². The molecule has 1 heterocycles. The number of aryl methyl sites for hydroxylation is 2. The topological polar surface area (TPSA) is 22.1 Å². The molecular weight excluding hydrogens is 281 g/mol. The van der Waals surface area contributed by atoms with Crippen LogP contribution in [0.1, 0.15) is 23.9 Å². The maximum Gasteiger partial charge on any atom is 0.148 e. The molecule has 2 nitrogen and oxygen atoms in total. The fraction of sp³-hybridized carbons (Fsp3) is 0.267. The zero-order chi connectivity index (χ0) is 13.8. The van der Waals surface area contributed by atoms with Crippen molar-refractivity contribution in [1.29, 1.82) is 0 Å². The Balaban J connectivity index is 2.39. The SMILES string of the molecule is CCc1nc(C)ccc1Oc1cccc(Cl)c1CCl. The quantitative estimate of drug-likeness (QED) is 0.729. The lowest BCUT2D eigenvalue weighted by Gasteiger charge is -2.13. The molecule has 0 fully saturated rings. The molecule has 1 aromatic heterocycles. The molecule has 1 aromatic carbocycles. The first-order valence-electron chi connectivity index (χ1n) is 6.13. The van der Waals surface area contributed by atoms with Crippen LogP contribution in [-0.2, 0) is 12.3 Å². The van der Waals surface area contributed by atoms with Gasteiger partial charge < -0.3 is 4.74 Å². The van der Waals surface area contributed by atoms with Gasteiger partial charge in [-0.2, -0.15) is 0 Å². The summed E-state index contributed by atoms with van der Waals surface area (Å²) in [6, 6.07) is 9.38. The predicted molar refractivity (Wildman–Crippen MR) is 79.4 cm³/mol. The third kappa shape index (κ3) is 3.20. The van der Waals surface area contributed by atoms with Gasteiger partial charge in [0.25, 0.3) is 0 Å². The summed E-state index contributed by atoms with van der Waals surface area (Å²) in [5.74, 6) is 1.75. The van der Waals surface area contributed by atoms with E-state index >= 15 is 0 Å². The van der Waals surface area contributed by atoms with Crippen LogP contribution in [0.2, 0.25) is 5.02 Å². The lowest BCUT2D eigenvalue weighted by Crippen LogP contribution is -1.97. The highest BCUT2D eigenvalue weighted by molar-refractivity contribution is 6.32. The van der Waals surface area contributed by atoms with Gasteiger partial charge in [0.2, 0.25) is 0 Å². The van der Waals surface area contributed by atoms with E-state index in [4.69, 9.17) is 27.9 Å². The second-order valence-corrected chi connectivity index (χ2v) is 4.88. The van der Waals surface area contributed by atoms with Crippen LogP contribution in [0.3, 0.4) is 0 Å². The fourth-order valence-corrected chi connectivity index (χ4v) is 2.40. The van der Waals surface area contributed by atoms with E-state index in [2.05, 4.69) is 11.9 Å². The Kier molecular flexibility index (Phi) is 4.67. The molecule has 0 saturated heterocycles. The van der Waals surface area contributed by atoms with Gasteiger partial charge in [-0.25, -0.2) is 0 Å². The predicted octanol–water partition coefficient (Wildman–Crippen LogP) is 5.14. The van der Waals surface area contributed by atoms with Gasteiger partial charge in [-0.1, -0.05) is 24.6 Å².